The summed E-state index contributed by atoms with van der Waals surface area (Å²) in [7, 11) is 0. The molecular formula is C113H72N7Y7-7. The summed E-state index contributed by atoms with van der Waals surface area (Å²) in [6.45, 7) is 0. The van der Waals surface area contributed by atoms with Gasteiger partial charge in [-0.3, -0.25) is 0 Å². The second-order valence-corrected chi connectivity index (χ2v) is 30.7. The van der Waals surface area contributed by atoms with Crippen LogP contribution in [0.2, 0.25) is 0 Å². The van der Waals surface area contributed by atoms with Crippen LogP contribution in [0.4, 0.5) is 11.4 Å². The zero-order valence-electron chi connectivity index (χ0n) is 69.3. The van der Waals surface area contributed by atoms with Crippen molar-refractivity contribution in [2.24, 2.45) is 0 Å². The maximum atomic E-state index is 4.82. The molecule has 0 spiro atoms. The number of fused-ring (bicyclic) bond motifs is 31. The van der Waals surface area contributed by atoms with Crippen molar-refractivity contribution in [3.8, 4) is 0 Å². The topological polar surface area (TPSA) is 98.7 Å². The van der Waals surface area contributed by atoms with E-state index < -0.39 is 0 Å². The van der Waals surface area contributed by atoms with Crippen LogP contribution in [0.5, 0.6) is 0 Å². The number of hydrogen-bond acceptors (Lipinski definition) is 0. The molecule has 6 aromatic heterocycles. The summed E-state index contributed by atoms with van der Waals surface area (Å²) in [6, 6.07) is 148. The van der Waals surface area contributed by atoms with Crippen LogP contribution in [0.25, 0.3) is 212 Å². The fourth-order valence-electron chi connectivity index (χ4n) is 17.7. The van der Waals surface area contributed by atoms with Gasteiger partial charge in [0.2, 0.25) is 0 Å². The second kappa shape index (κ2) is 41.9. The fourth-order valence-corrected chi connectivity index (χ4v) is 17.7. The van der Waals surface area contributed by atoms with Crippen molar-refractivity contribution in [3.05, 3.63) is 441 Å². The molecule has 127 heavy (non-hydrogen) atoms. The van der Waals surface area contributed by atoms with Gasteiger partial charge in [0.15, 0.2) is 0 Å². The molecule has 7 radical (unpaired) electrons. The first kappa shape index (κ1) is 93.4. The monoisotopic (exact) mass is 2150 g/mol. The number of nitrogens with zero attached hydrogens (tertiary/aromatic N) is 7. The quantitative estimate of drug-likeness (QED) is 0.150. The van der Waals surface area contributed by atoms with Crippen LogP contribution >= 0.6 is 0 Å². The zero-order chi connectivity index (χ0) is 79.4. The van der Waals surface area contributed by atoms with Gasteiger partial charge in [-0.2, -0.15) is 0 Å². The summed E-state index contributed by atoms with van der Waals surface area (Å²) in [5, 5.41) is 37.4. The van der Waals surface area contributed by atoms with Crippen LogP contribution in [0, 0.1) is 0 Å². The largest absolute Gasteiger partial charge is 0.657 e. The maximum Gasteiger partial charge on any atom is 0 e. The molecule has 0 saturated heterocycles. The van der Waals surface area contributed by atoms with E-state index >= 15 is 0 Å². The van der Waals surface area contributed by atoms with E-state index in [2.05, 4.69) is 402 Å². The van der Waals surface area contributed by atoms with E-state index in [1.807, 2.05) is 42.5 Å². The Morgan fingerprint density at radius 3 is 0.803 bits per heavy atom. The average molecular weight is 2150 g/mol. The Morgan fingerprint density at radius 1 is 0.142 bits per heavy atom. The van der Waals surface area contributed by atoms with Gasteiger partial charge < -0.3 is 35.2 Å². The van der Waals surface area contributed by atoms with Gasteiger partial charge in [-0.25, -0.2) is 0 Å². The van der Waals surface area contributed by atoms with E-state index in [0.29, 0.717) is 0 Å². The summed E-state index contributed by atoms with van der Waals surface area (Å²) >= 11 is 0. The molecule has 0 N–H and O–H groups in total. The van der Waals surface area contributed by atoms with Crippen molar-refractivity contribution in [2.75, 3.05) is 0 Å². The number of aromatic nitrogens is 6. The van der Waals surface area contributed by atoms with Crippen molar-refractivity contribution in [2.45, 2.75) is 6.42 Å². The molecule has 1 aliphatic rings. The maximum absolute atomic E-state index is 4.82. The molecule has 0 bridgehead atoms. The Labute approximate surface area is 910 Å². The van der Waals surface area contributed by atoms with Gasteiger partial charge in [0.25, 0.3) is 0 Å². The molecule has 0 atom stereocenters. The summed E-state index contributed by atoms with van der Waals surface area (Å²) in [5.41, 5.74) is 17.9. The first-order chi connectivity index (χ1) is 59.5. The van der Waals surface area contributed by atoms with Crippen molar-refractivity contribution >= 4 is 218 Å². The molecule has 21 aromatic carbocycles. The predicted octanol–water partition coefficient (Wildman–Crippen LogP) is 29.7. The van der Waals surface area contributed by atoms with Gasteiger partial charge in [-0.1, -0.05) is 418 Å². The minimum Gasteiger partial charge on any atom is -0.657 e. The van der Waals surface area contributed by atoms with Crippen molar-refractivity contribution in [3.63, 3.8) is 0 Å². The average Bonchev–Trinajstić information content (AvgIpc) is 1.60. The van der Waals surface area contributed by atoms with Gasteiger partial charge in [-0.05, 0) is 165 Å². The van der Waals surface area contributed by atoms with Crippen molar-refractivity contribution in [1.29, 1.82) is 0 Å². The Kier molecular flexibility index (Phi) is 30.8. The Bertz CT molecular complexity index is 8270. The van der Waals surface area contributed by atoms with Crippen molar-refractivity contribution < 1.29 is 229 Å². The second-order valence-electron chi connectivity index (χ2n) is 30.7. The predicted molar refractivity (Wildman–Crippen MR) is 510 cm³/mol. The molecule has 14 heteroatoms. The first-order valence-electron chi connectivity index (χ1n) is 40.8. The molecular weight excluding hydrogens is 2080 g/mol. The summed E-state index contributed by atoms with van der Waals surface area (Å²) in [5.74, 6) is 0. The molecule has 28 rings (SSSR count). The number of benzene rings is 21. The molecule has 0 aliphatic carbocycles. The van der Waals surface area contributed by atoms with Crippen LogP contribution in [0.3, 0.4) is 0 Å². The van der Waals surface area contributed by atoms with E-state index in [-0.39, 0.29) is 229 Å². The summed E-state index contributed by atoms with van der Waals surface area (Å²) < 4.78 is 0. The summed E-state index contributed by atoms with van der Waals surface area (Å²) in [4.78, 5) is 28.2. The smallest absolute Gasteiger partial charge is 0 e. The third kappa shape index (κ3) is 18.8. The summed E-state index contributed by atoms with van der Waals surface area (Å²) in [6.07, 6.45) is 1.01. The van der Waals surface area contributed by atoms with Crippen molar-refractivity contribution in [1.82, 2.24) is 29.9 Å². The van der Waals surface area contributed by atoms with Gasteiger partial charge in [-0.15, -0.1) is 77.6 Å². The van der Waals surface area contributed by atoms with E-state index in [4.69, 9.17) is 15.0 Å². The molecule has 27 aromatic rings. The molecule has 0 unspecified atom stereocenters. The number of hydrogen-bond donors (Lipinski definition) is 0. The van der Waals surface area contributed by atoms with Gasteiger partial charge in [0.05, 0.1) is 0 Å². The molecule has 0 fully saturated rings. The molecule has 0 saturated carbocycles. The minimum atomic E-state index is 0. The van der Waals surface area contributed by atoms with Gasteiger partial charge in [0.1, 0.15) is 0 Å². The SMILES string of the molecule is [Y].[Y].[Y].[Y].[Y].[Y].[Y].c1ccc2c(c1)Cc1ccccc1[N-]2.c1ccc2c(c1)[n-]c1ccccc12.c1ccc2c(c1)ccc1[n-]c3ccc4ccccc4c3c12.c1ccc2c(c1)ccc1[n-]c3ccccc3c12.c1ccc2c(c1)ccc1c3ccccc3[n-]c21.c1ccc2cc3c(cc2c1)[n-]c1cc2ccccc2cc13.c1ccc2cc3c(cc2c1)[n-]c1ccccc13. The van der Waals surface area contributed by atoms with E-state index in [1.165, 1.54) is 151 Å². The Balaban J connectivity index is 0.000000114. The van der Waals surface area contributed by atoms with E-state index in [0.717, 1.165) is 84.0 Å². The zero-order valence-corrected chi connectivity index (χ0v) is 89.2. The van der Waals surface area contributed by atoms with Crippen LogP contribution in [0.15, 0.2) is 425 Å². The minimum absolute atomic E-state index is 0. The number of rotatable bonds is 0. The van der Waals surface area contributed by atoms with Crippen LogP contribution in [-0.2, 0) is 235 Å². The normalized spacial score (nSPS) is 11.1. The number of para-hydroxylation sites is 7. The van der Waals surface area contributed by atoms with Gasteiger partial charge in [0, 0.05) is 229 Å². The molecule has 587 valence electrons. The third-order valence-corrected chi connectivity index (χ3v) is 23.5. The standard InChI is InChI=1S/2C20H12N.3C16H10N.C13H10N.C12H8N.7Y/c1-3-7-15-11-19-17(9-13(15)5-1)18-10-14-6-2-4-8-16(14)12-20(18)21-19;1-3-7-15-13(5-1)9-11-17-19(15)20-16-8-4-2-6-14(16)10-12-18(20)21-17;1-2-6-12-10-16-14(9-11(12)5-1)13-7-3-4-8-15(13)17-16;1-2-6-12-11(5-1)9-10-14-13-7-3-4-8-15(13)17-16(12)14;1-2-6-12-11(5-1)9-10-15-16(12)13-7-3-4-8-14(13)17-15;1-3-7-12-10(5-1)9-11-6-2-4-8-13(11)14-12;1-3-7-11-9(5-1)10-6-2-4-8-12(10)13-11;;;;;;;/h2*1-12H;3*1-10H;1-8H,9H2;1-8H;;;;;;;/q7*-1;;;;;;;. The fraction of sp³-hybridized carbons (Fsp3) is 0.00885. The molecule has 7 nitrogen and oxygen atoms in total. The van der Waals surface area contributed by atoms with E-state index in [1.54, 1.807) is 0 Å². The molecule has 7 heterocycles. The third-order valence-electron chi connectivity index (χ3n) is 23.5. The van der Waals surface area contributed by atoms with Crippen LogP contribution in [-0.4, -0.2) is 0 Å². The first-order valence-corrected chi connectivity index (χ1v) is 40.8. The molecule has 0 amide bonds. The van der Waals surface area contributed by atoms with Crippen LogP contribution in [0.1, 0.15) is 11.1 Å². The Morgan fingerprint density at radius 2 is 0.386 bits per heavy atom. The van der Waals surface area contributed by atoms with E-state index in [9.17, 15) is 0 Å². The molecule has 1 aliphatic heterocycles. The Hall–Kier alpha value is -8.23. The van der Waals surface area contributed by atoms with Crippen LogP contribution < -0.4 is 29.9 Å². The van der Waals surface area contributed by atoms with Gasteiger partial charge >= 0.3 is 0 Å².